The number of fused-ring (bicyclic) bond motifs is 3. The van der Waals surface area contributed by atoms with Crippen molar-refractivity contribution in [1.82, 2.24) is 19.9 Å². The highest BCUT2D eigenvalue weighted by Gasteiger charge is 2.25. The van der Waals surface area contributed by atoms with E-state index in [-0.39, 0.29) is 11.8 Å². The molecule has 1 aliphatic rings. The summed E-state index contributed by atoms with van der Waals surface area (Å²) in [6.45, 7) is 2.25. The number of pyridine rings is 2. The molecule has 6 aromatic carbocycles. The lowest BCUT2D eigenvalue weighted by atomic mass is 9.85. The monoisotopic (exact) mass is 704 g/mol. The van der Waals surface area contributed by atoms with E-state index in [1.165, 1.54) is 21.5 Å². The van der Waals surface area contributed by atoms with Gasteiger partial charge in [-0.1, -0.05) is 134 Å². The fourth-order valence-electron chi connectivity index (χ4n) is 7.91. The number of aromatic nitrogens is 4. The number of hydrogen-bond donors (Lipinski definition) is 0. The Morgan fingerprint density at radius 3 is 1.75 bits per heavy atom. The van der Waals surface area contributed by atoms with Crippen LogP contribution in [0.2, 0.25) is 0 Å². The summed E-state index contributed by atoms with van der Waals surface area (Å²) in [5, 5.41) is 5.85. The molecule has 0 N–H and O–H groups in total. The second kappa shape index (κ2) is 13.7. The number of hydrogen-bond acceptors (Lipinski definition) is 4. The third-order valence-electron chi connectivity index (χ3n) is 10.8. The fourth-order valence-corrected chi connectivity index (χ4v) is 7.91. The first kappa shape index (κ1) is 32.6. The van der Waals surface area contributed by atoms with Crippen LogP contribution in [-0.4, -0.2) is 19.9 Å². The normalized spacial score (nSPS) is 15.4. The van der Waals surface area contributed by atoms with Crippen LogP contribution in [0.3, 0.4) is 0 Å². The number of allylic oxidation sites excluding steroid dienone is 4. The van der Waals surface area contributed by atoms with E-state index in [1.54, 1.807) is 0 Å². The molecule has 0 radical (unpaired) electrons. The van der Waals surface area contributed by atoms with Crippen molar-refractivity contribution >= 4 is 38.0 Å². The maximum absolute atomic E-state index is 5.52. The Morgan fingerprint density at radius 2 is 1.07 bits per heavy atom. The second-order valence-corrected chi connectivity index (χ2v) is 14.3. The van der Waals surface area contributed by atoms with Gasteiger partial charge in [-0.25, -0.2) is 9.97 Å². The standard InChI is InChI=1S/C51H36N4/c1-33-28-42(48-15-7-9-27-53-48)24-25-44(33)51-54-49(37-20-18-36(19-21-37)47-14-6-8-26-52-47)46-32-43(40-22-16-34-10-2-4-12-38(34)29-40)31-45(50(46)55-51)41-23-17-35-11-3-5-13-39(35)30-41/h2-33,44H,1H3. The Bertz CT molecular complexity index is 2930. The molecule has 9 aromatic rings. The van der Waals surface area contributed by atoms with E-state index in [4.69, 9.17) is 9.97 Å². The van der Waals surface area contributed by atoms with Gasteiger partial charge in [0.15, 0.2) is 0 Å². The summed E-state index contributed by atoms with van der Waals surface area (Å²) in [7, 11) is 0. The molecule has 4 nitrogen and oxygen atoms in total. The van der Waals surface area contributed by atoms with Crippen LogP contribution in [0.4, 0.5) is 0 Å². The van der Waals surface area contributed by atoms with Crippen LogP contribution in [0.1, 0.15) is 24.4 Å². The van der Waals surface area contributed by atoms with Crippen molar-refractivity contribution in [3.05, 3.63) is 200 Å². The van der Waals surface area contributed by atoms with E-state index in [2.05, 4.69) is 163 Å². The molecular weight excluding hydrogens is 669 g/mol. The zero-order chi connectivity index (χ0) is 36.7. The Hall–Kier alpha value is -7.04. The van der Waals surface area contributed by atoms with E-state index in [0.29, 0.717) is 0 Å². The third kappa shape index (κ3) is 6.18. The van der Waals surface area contributed by atoms with Gasteiger partial charge in [0, 0.05) is 40.4 Å². The zero-order valence-corrected chi connectivity index (χ0v) is 30.3. The second-order valence-electron chi connectivity index (χ2n) is 14.3. The van der Waals surface area contributed by atoms with Crippen LogP contribution in [0.5, 0.6) is 0 Å². The molecule has 0 bridgehead atoms. The zero-order valence-electron chi connectivity index (χ0n) is 30.3. The minimum atomic E-state index is -0.0203. The van der Waals surface area contributed by atoms with E-state index < -0.39 is 0 Å². The summed E-state index contributed by atoms with van der Waals surface area (Å²) in [4.78, 5) is 20.2. The number of benzene rings is 6. The van der Waals surface area contributed by atoms with E-state index >= 15 is 0 Å². The van der Waals surface area contributed by atoms with Gasteiger partial charge < -0.3 is 0 Å². The van der Waals surface area contributed by atoms with Gasteiger partial charge in [0.1, 0.15) is 5.82 Å². The van der Waals surface area contributed by atoms with Gasteiger partial charge in [-0.05, 0) is 98.3 Å². The lowest BCUT2D eigenvalue weighted by molar-refractivity contribution is 0.607. The summed E-state index contributed by atoms with van der Waals surface area (Å²) >= 11 is 0. The SMILES string of the molecule is CC1C=C(c2ccccn2)C=CC1c1nc(-c2ccc(-c3ccccn3)cc2)c2cc(-c3ccc4ccccc4c3)cc(-c3ccc4ccccc4c3)c2n1. The molecule has 10 rings (SSSR count). The minimum Gasteiger partial charge on any atom is -0.256 e. The first-order valence-corrected chi connectivity index (χ1v) is 18.8. The maximum Gasteiger partial charge on any atom is 0.137 e. The molecule has 0 saturated heterocycles. The molecule has 1 aliphatic carbocycles. The van der Waals surface area contributed by atoms with Crippen molar-refractivity contribution < 1.29 is 0 Å². The third-order valence-corrected chi connectivity index (χ3v) is 10.8. The molecule has 2 atom stereocenters. The van der Waals surface area contributed by atoms with Gasteiger partial charge in [-0.15, -0.1) is 0 Å². The van der Waals surface area contributed by atoms with Crippen LogP contribution < -0.4 is 0 Å². The van der Waals surface area contributed by atoms with Gasteiger partial charge in [0.25, 0.3) is 0 Å². The van der Waals surface area contributed by atoms with Crippen LogP contribution in [0, 0.1) is 5.92 Å². The van der Waals surface area contributed by atoms with Crippen LogP contribution >= 0.6 is 0 Å². The van der Waals surface area contributed by atoms with Gasteiger partial charge in [0.2, 0.25) is 0 Å². The first-order chi connectivity index (χ1) is 27.1. The predicted octanol–water partition coefficient (Wildman–Crippen LogP) is 12.8. The van der Waals surface area contributed by atoms with E-state index in [9.17, 15) is 0 Å². The van der Waals surface area contributed by atoms with E-state index in [1.807, 2.05) is 42.7 Å². The summed E-state index contributed by atoms with van der Waals surface area (Å²) in [6, 6.07) is 55.9. The van der Waals surface area contributed by atoms with Crippen molar-refractivity contribution in [2.75, 3.05) is 0 Å². The fraction of sp³-hybridized carbons (Fsp3) is 0.0588. The van der Waals surface area contributed by atoms with Gasteiger partial charge >= 0.3 is 0 Å². The molecule has 2 unspecified atom stereocenters. The number of nitrogens with zero attached hydrogens (tertiary/aromatic N) is 4. The number of rotatable bonds is 6. The molecule has 0 amide bonds. The van der Waals surface area contributed by atoms with Crippen molar-refractivity contribution in [1.29, 1.82) is 0 Å². The lowest BCUT2D eigenvalue weighted by Crippen LogP contribution is -2.14. The molecule has 3 heterocycles. The molecule has 0 aliphatic heterocycles. The Morgan fingerprint density at radius 1 is 0.473 bits per heavy atom. The predicted molar refractivity (Wildman–Crippen MR) is 227 cm³/mol. The highest BCUT2D eigenvalue weighted by molar-refractivity contribution is 6.05. The largest absolute Gasteiger partial charge is 0.256 e. The maximum atomic E-state index is 5.52. The van der Waals surface area contributed by atoms with Crippen molar-refractivity contribution in [2.24, 2.45) is 5.92 Å². The molecule has 0 fully saturated rings. The molecule has 55 heavy (non-hydrogen) atoms. The minimum absolute atomic E-state index is 0.0203. The molecule has 260 valence electrons. The highest BCUT2D eigenvalue weighted by Crippen LogP contribution is 2.41. The average molecular weight is 705 g/mol. The average Bonchev–Trinajstić information content (AvgIpc) is 3.26. The van der Waals surface area contributed by atoms with Gasteiger partial charge in [-0.2, -0.15) is 0 Å². The smallest absolute Gasteiger partial charge is 0.137 e. The van der Waals surface area contributed by atoms with Crippen LogP contribution in [-0.2, 0) is 0 Å². The van der Waals surface area contributed by atoms with Crippen molar-refractivity contribution in [2.45, 2.75) is 12.8 Å². The van der Waals surface area contributed by atoms with Crippen LogP contribution in [0.15, 0.2) is 188 Å². The van der Waals surface area contributed by atoms with Gasteiger partial charge in [0.05, 0.1) is 22.6 Å². The molecule has 4 heteroatoms. The topological polar surface area (TPSA) is 51.6 Å². The van der Waals surface area contributed by atoms with E-state index in [0.717, 1.165) is 72.8 Å². The first-order valence-electron chi connectivity index (χ1n) is 18.8. The molecule has 3 aromatic heterocycles. The lowest BCUT2D eigenvalue weighted by Gasteiger charge is -2.24. The quantitative estimate of drug-likeness (QED) is 0.173. The Balaban J connectivity index is 1.21. The molecular formula is C51H36N4. The summed E-state index contributed by atoms with van der Waals surface area (Å²) in [5.74, 6) is 0.935. The molecule has 0 saturated carbocycles. The summed E-state index contributed by atoms with van der Waals surface area (Å²) in [6.07, 6.45) is 10.4. The van der Waals surface area contributed by atoms with Crippen LogP contribution in [0.25, 0.3) is 82.8 Å². The van der Waals surface area contributed by atoms with Gasteiger partial charge in [-0.3, -0.25) is 9.97 Å². The summed E-state index contributed by atoms with van der Waals surface area (Å²) < 4.78 is 0. The molecule has 0 spiro atoms. The Kier molecular flexibility index (Phi) is 8.15. The highest BCUT2D eigenvalue weighted by atomic mass is 14.9. The Labute approximate surface area is 320 Å². The summed E-state index contributed by atoms with van der Waals surface area (Å²) in [5.41, 5.74) is 11.5. The van der Waals surface area contributed by atoms with Crippen molar-refractivity contribution in [3.63, 3.8) is 0 Å². The van der Waals surface area contributed by atoms with Crippen molar-refractivity contribution in [3.8, 4) is 44.8 Å².